The first-order chi connectivity index (χ1) is 11.6. The van der Waals surface area contributed by atoms with Crippen molar-refractivity contribution in [3.63, 3.8) is 0 Å². The van der Waals surface area contributed by atoms with Gasteiger partial charge >= 0.3 is 0 Å². The number of hydrogen-bond acceptors (Lipinski definition) is 5. The van der Waals surface area contributed by atoms with Crippen LogP contribution in [0.2, 0.25) is 0 Å². The van der Waals surface area contributed by atoms with Crippen LogP contribution < -0.4 is 5.56 Å². The molecular weight excluding hydrogens is 324 g/mol. The van der Waals surface area contributed by atoms with Crippen molar-refractivity contribution in [3.8, 4) is 0 Å². The van der Waals surface area contributed by atoms with Crippen molar-refractivity contribution < 1.29 is 4.79 Å². The van der Waals surface area contributed by atoms with Crippen LogP contribution in [0.4, 0.5) is 0 Å². The Morgan fingerprint density at radius 3 is 2.71 bits per heavy atom. The Kier molecular flexibility index (Phi) is 4.14. The maximum Gasteiger partial charge on any atom is 0.259 e. The summed E-state index contributed by atoms with van der Waals surface area (Å²) in [6.45, 7) is 5.38. The first-order valence-electron chi connectivity index (χ1n) is 8.63. The SMILES string of the molecule is CC(=O)N1CCN(Cc2nc3sc4c(c3c(=O)[nH]2)CCCC4)CC1. The van der Waals surface area contributed by atoms with E-state index in [1.54, 1.807) is 18.3 Å². The third-order valence-corrected chi connectivity index (χ3v) is 6.25. The molecule has 0 radical (unpaired) electrons. The Labute approximate surface area is 144 Å². The lowest BCUT2D eigenvalue weighted by atomic mass is 9.97. The summed E-state index contributed by atoms with van der Waals surface area (Å²) in [5, 5.41) is 0.819. The van der Waals surface area contributed by atoms with E-state index in [9.17, 15) is 9.59 Å². The Hall–Kier alpha value is -1.73. The molecule has 0 spiro atoms. The fraction of sp³-hybridized carbons (Fsp3) is 0.588. The van der Waals surface area contributed by atoms with E-state index in [1.165, 1.54) is 23.3 Å². The van der Waals surface area contributed by atoms with Gasteiger partial charge in [-0.1, -0.05) is 0 Å². The first-order valence-corrected chi connectivity index (χ1v) is 9.45. The maximum atomic E-state index is 12.6. The molecule has 0 atom stereocenters. The molecule has 2 aromatic rings. The predicted molar refractivity (Wildman–Crippen MR) is 94.4 cm³/mol. The second-order valence-corrected chi connectivity index (χ2v) is 7.77. The van der Waals surface area contributed by atoms with Crippen LogP contribution in [0.15, 0.2) is 4.79 Å². The summed E-state index contributed by atoms with van der Waals surface area (Å²) in [6, 6.07) is 0. The van der Waals surface area contributed by atoms with Gasteiger partial charge in [-0.15, -0.1) is 11.3 Å². The number of hydrogen-bond donors (Lipinski definition) is 1. The van der Waals surface area contributed by atoms with Crippen molar-refractivity contribution in [2.75, 3.05) is 26.2 Å². The van der Waals surface area contributed by atoms with E-state index in [4.69, 9.17) is 4.98 Å². The smallest absolute Gasteiger partial charge is 0.259 e. The summed E-state index contributed by atoms with van der Waals surface area (Å²) in [6.07, 6.45) is 4.47. The number of H-pyrrole nitrogens is 1. The molecule has 4 rings (SSSR count). The van der Waals surface area contributed by atoms with E-state index in [0.717, 1.165) is 55.1 Å². The number of thiophene rings is 1. The van der Waals surface area contributed by atoms with Crippen LogP contribution in [0.25, 0.3) is 10.2 Å². The predicted octanol–water partition coefficient (Wildman–Crippen LogP) is 1.53. The van der Waals surface area contributed by atoms with Crippen LogP contribution in [-0.4, -0.2) is 51.9 Å². The number of carbonyl (C=O) groups excluding carboxylic acids is 1. The zero-order chi connectivity index (χ0) is 16.7. The molecule has 1 aliphatic carbocycles. The van der Waals surface area contributed by atoms with Crippen LogP contribution in [-0.2, 0) is 24.2 Å². The molecule has 0 saturated carbocycles. The van der Waals surface area contributed by atoms with Crippen LogP contribution in [0.5, 0.6) is 0 Å². The van der Waals surface area contributed by atoms with Crippen molar-refractivity contribution in [2.24, 2.45) is 0 Å². The summed E-state index contributed by atoms with van der Waals surface area (Å²) in [5.74, 6) is 0.870. The molecule has 0 unspecified atom stereocenters. The minimum absolute atomic E-state index is 0.0109. The van der Waals surface area contributed by atoms with E-state index in [2.05, 4.69) is 9.88 Å². The topological polar surface area (TPSA) is 69.3 Å². The minimum Gasteiger partial charge on any atom is -0.340 e. The molecule has 24 heavy (non-hydrogen) atoms. The zero-order valence-corrected chi connectivity index (χ0v) is 14.7. The first kappa shape index (κ1) is 15.8. The number of rotatable bonds is 2. The lowest BCUT2D eigenvalue weighted by Gasteiger charge is -2.33. The van der Waals surface area contributed by atoms with Crippen LogP contribution in [0.3, 0.4) is 0 Å². The van der Waals surface area contributed by atoms with E-state index in [-0.39, 0.29) is 11.5 Å². The van der Waals surface area contributed by atoms with Crippen molar-refractivity contribution in [1.82, 2.24) is 19.8 Å². The largest absolute Gasteiger partial charge is 0.340 e. The Balaban J connectivity index is 1.55. The maximum absolute atomic E-state index is 12.6. The Bertz CT molecular complexity index is 833. The Morgan fingerprint density at radius 2 is 1.96 bits per heavy atom. The normalized spacial score (nSPS) is 18.8. The lowest BCUT2D eigenvalue weighted by Crippen LogP contribution is -2.47. The van der Waals surface area contributed by atoms with Crippen molar-refractivity contribution in [2.45, 2.75) is 39.2 Å². The van der Waals surface area contributed by atoms with Gasteiger partial charge in [0.2, 0.25) is 5.91 Å². The summed E-state index contributed by atoms with van der Waals surface area (Å²) in [7, 11) is 0. The molecular formula is C17H22N4O2S. The number of nitrogens with one attached hydrogen (secondary N) is 1. The molecule has 128 valence electrons. The molecule has 1 N–H and O–H groups in total. The molecule has 2 aromatic heterocycles. The highest BCUT2D eigenvalue weighted by Crippen LogP contribution is 2.33. The molecule has 1 fully saturated rings. The second-order valence-electron chi connectivity index (χ2n) is 6.69. The number of carbonyl (C=O) groups is 1. The lowest BCUT2D eigenvalue weighted by molar-refractivity contribution is -0.130. The van der Waals surface area contributed by atoms with Crippen LogP contribution >= 0.6 is 11.3 Å². The number of nitrogens with zero attached hydrogens (tertiary/aromatic N) is 3. The Morgan fingerprint density at radius 1 is 1.21 bits per heavy atom. The molecule has 1 aliphatic heterocycles. The summed E-state index contributed by atoms with van der Waals surface area (Å²) in [5.41, 5.74) is 1.24. The highest BCUT2D eigenvalue weighted by Gasteiger charge is 2.22. The average molecular weight is 346 g/mol. The molecule has 0 aromatic carbocycles. The van der Waals surface area contributed by atoms with Crippen molar-refractivity contribution >= 4 is 27.5 Å². The van der Waals surface area contributed by atoms with E-state index >= 15 is 0 Å². The van der Waals surface area contributed by atoms with Crippen molar-refractivity contribution in [3.05, 3.63) is 26.6 Å². The van der Waals surface area contributed by atoms with Gasteiger partial charge in [-0.3, -0.25) is 14.5 Å². The fourth-order valence-corrected chi connectivity index (χ4v) is 5.00. The quantitative estimate of drug-likeness (QED) is 0.895. The number of fused-ring (bicyclic) bond motifs is 3. The third kappa shape index (κ3) is 2.86. The van der Waals surface area contributed by atoms with Gasteiger partial charge < -0.3 is 9.88 Å². The highest BCUT2D eigenvalue weighted by atomic mass is 32.1. The number of aromatic nitrogens is 2. The number of piperazine rings is 1. The van der Waals surface area contributed by atoms with Gasteiger partial charge in [-0.2, -0.15) is 0 Å². The van der Waals surface area contributed by atoms with Gasteiger partial charge in [0.05, 0.1) is 11.9 Å². The molecule has 1 amide bonds. The van der Waals surface area contributed by atoms with Gasteiger partial charge in [0.25, 0.3) is 5.56 Å². The second kappa shape index (κ2) is 6.29. The van der Waals surface area contributed by atoms with Gasteiger partial charge in [0.15, 0.2) is 0 Å². The third-order valence-electron chi connectivity index (χ3n) is 5.07. The number of amides is 1. The zero-order valence-electron chi connectivity index (χ0n) is 13.9. The number of aryl methyl sites for hydroxylation is 2. The molecule has 7 heteroatoms. The molecule has 2 aliphatic rings. The van der Waals surface area contributed by atoms with Gasteiger partial charge in [-0.25, -0.2) is 4.98 Å². The molecule has 6 nitrogen and oxygen atoms in total. The van der Waals surface area contributed by atoms with Gasteiger partial charge in [0, 0.05) is 38.0 Å². The van der Waals surface area contributed by atoms with Gasteiger partial charge in [0.1, 0.15) is 10.7 Å². The monoisotopic (exact) mass is 346 g/mol. The summed E-state index contributed by atoms with van der Waals surface area (Å²) in [4.78, 5) is 38.0. The van der Waals surface area contributed by atoms with E-state index < -0.39 is 0 Å². The minimum atomic E-state index is 0.0109. The van der Waals surface area contributed by atoms with Gasteiger partial charge in [-0.05, 0) is 31.2 Å². The highest BCUT2D eigenvalue weighted by molar-refractivity contribution is 7.18. The van der Waals surface area contributed by atoms with Crippen LogP contribution in [0, 0.1) is 0 Å². The molecule has 1 saturated heterocycles. The van der Waals surface area contributed by atoms with Crippen LogP contribution in [0.1, 0.15) is 36.0 Å². The van der Waals surface area contributed by atoms with Crippen molar-refractivity contribution in [1.29, 1.82) is 0 Å². The standard InChI is InChI=1S/C17H22N4O2S/c1-11(22)21-8-6-20(7-9-21)10-14-18-16(23)15-12-4-2-3-5-13(12)24-17(15)19-14/h2-10H2,1H3,(H,18,19,23). The summed E-state index contributed by atoms with van der Waals surface area (Å²) < 4.78 is 0. The molecule has 0 bridgehead atoms. The average Bonchev–Trinajstić information content (AvgIpc) is 2.94. The van der Waals surface area contributed by atoms with E-state index in [0.29, 0.717) is 6.54 Å². The summed E-state index contributed by atoms with van der Waals surface area (Å²) >= 11 is 1.69. The number of aromatic amines is 1. The molecule has 3 heterocycles. The van der Waals surface area contributed by atoms with E-state index in [1.807, 2.05) is 4.90 Å². The fourth-order valence-electron chi connectivity index (χ4n) is 3.72.